The summed E-state index contributed by atoms with van der Waals surface area (Å²) in [6.45, 7) is 6.02. The zero-order valence-electron chi connectivity index (χ0n) is 13.6. The number of furan rings is 1. The summed E-state index contributed by atoms with van der Waals surface area (Å²) in [7, 11) is 0. The molecule has 0 aliphatic carbocycles. The Kier molecular flexibility index (Phi) is 4.19. The highest BCUT2D eigenvalue weighted by Gasteiger charge is 2.20. The van der Waals surface area contributed by atoms with Crippen molar-refractivity contribution in [1.82, 2.24) is 15.5 Å². The first-order valence-corrected chi connectivity index (χ1v) is 7.93. The Bertz CT molecular complexity index is 832. The Morgan fingerprint density at radius 1 is 1.39 bits per heavy atom. The van der Waals surface area contributed by atoms with Crippen molar-refractivity contribution in [3.05, 3.63) is 53.0 Å². The minimum atomic E-state index is -0.221. The standard InChI is InChI=1S/C18H21N3O2/c1-4-7-13-10-15(21-20-13)18(22)19-12(3)17-11(2)14-8-5-6-9-16(14)23-17/h5-6,8-10,12H,4,7H2,1-3H3,(H,19,22)(H,20,21). The Hall–Kier alpha value is -2.56. The van der Waals surface area contributed by atoms with Gasteiger partial charge in [-0.25, -0.2) is 0 Å². The lowest BCUT2D eigenvalue weighted by Crippen LogP contribution is -2.27. The third kappa shape index (κ3) is 2.99. The van der Waals surface area contributed by atoms with Gasteiger partial charge in [-0.15, -0.1) is 0 Å². The maximum absolute atomic E-state index is 12.3. The summed E-state index contributed by atoms with van der Waals surface area (Å²) >= 11 is 0. The SMILES string of the molecule is CCCc1cc(C(=O)NC(C)c2oc3ccccc3c2C)n[nH]1. The van der Waals surface area contributed by atoms with Gasteiger partial charge in [0.15, 0.2) is 0 Å². The minimum Gasteiger partial charge on any atom is -0.459 e. The van der Waals surface area contributed by atoms with Crippen molar-refractivity contribution in [3.8, 4) is 0 Å². The van der Waals surface area contributed by atoms with E-state index < -0.39 is 0 Å². The second-order valence-corrected chi connectivity index (χ2v) is 5.81. The van der Waals surface area contributed by atoms with Crippen molar-refractivity contribution in [2.45, 2.75) is 39.7 Å². The molecule has 1 aromatic carbocycles. The van der Waals surface area contributed by atoms with E-state index in [1.807, 2.05) is 38.1 Å². The zero-order valence-corrected chi connectivity index (χ0v) is 13.6. The summed E-state index contributed by atoms with van der Waals surface area (Å²) in [5.41, 5.74) is 3.28. The average molecular weight is 311 g/mol. The minimum absolute atomic E-state index is 0.198. The Balaban J connectivity index is 1.78. The maximum Gasteiger partial charge on any atom is 0.272 e. The molecule has 0 radical (unpaired) electrons. The largest absolute Gasteiger partial charge is 0.459 e. The number of aromatic amines is 1. The lowest BCUT2D eigenvalue weighted by molar-refractivity contribution is 0.0930. The van der Waals surface area contributed by atoms with Crippen LogP contribution in [-0.2, 0) is 6.42 Å². The first-order chi connectivity index (χ1) is 11.1. The van der Waals surface area contributed by atoms with E-state index in [9.17, 15) is 4.79 Å². The van der Waals surface area contributed by atoms with Crippen molar-refractivity contribution in [2.24, 2.45) is 0 Å². The van der Waals surface area contributed by atoms with Crippen LogP contribution in [0.25, 0.3) is 11.0 Å². The number of hydrogen-bond donors (Lipinski definition) is 2. The molecular weight excluding hydrogens is 290 g/mol. The molecule has 0 aliphatic heterocycles. The van der Waals surface area contributed by atoms with E-state index in [1.165, 1.54) is 0 Å². The van der Waals surface area contributed by atoms with Gasteiger partial charge < -0.3 is 9.73 Å². The molecule has 0 saturated carbocycles. The van der Waals surface area contributed by atoms with Gasteiger partial charge in [0.05, 0.1) is 6.04 Å². The average Bonchev–Trinajstić information content (AvgIpc) is 3.13. The number of aryl methyl sites for hydroxylation is 2. The Morgan fingerprint density at radius 3 is 2.91 bits per heavy atom. The van der Waals surface area contributed by atoms with Crippen LogP contribution in [0, 0.1) is 6.92 Å². The lowest BCUT2D eigenvalue weighted by atomic mass is 10.1. The number of rotatable bonds is 5. The molecule has 2 aromatic heterocycles. The first-order valence-electron chi connectivity index (χ1n) is 7.93. The molecule has 23 heavy (non-hydrogen) atoms. The van der Waals surface area contributed by atoms with Crippen molar-refractivity contribution in [3.63, 3.8) is 0 Å². The third-order valence-corrected chi connectivity index (χ3v) is 4.00. The summed E-state index contributed by atoms with van der Waals surface area (Å²) in [5, 5.41) is 11.0. The van der Waals surface area contributed by atoms with E-state index in [4.69, 9.17) is 4.42 Å². The number of carbonyl (C=O) groups is 1. The molecule has 5 heteroatoms. The fourth-order valence-corrected chi connectivity index (χ4v) is 2.82. The molecule has 2 N–H and O–H groups in total. The van der Waals surface area contributed by atoms with Gasteiger partial charge in [-0.2, -0.15) is 5.10 Å². The van der Waals surface area contributed by atoms with Crippen LogP contribution >= 0.6 is 0 Å². The topological polar surface area (TPSA) is 70.9 Å². The number of amides is 1. The summed E-state index contributed by atoms with van der Waals surface area (Å²) in [4.78, 5) is 12.3. The van der Waals surface area contributed by atoms with Gasteiger partial charge in [0.1, 0.15) is 17.0 Å². The van der Waals surface area contributed by atoms with Crippen LogP contribution in [0.4, 0.5) is 0 Å². The predicted molar refractivity (Wildman–Crippen MR) is 89.4 cm³/mol. The lowest BCUT2D eigenvalue weighted by Gasteiger charge is -2.11. The van der Waals surface area contributed by atoms with Crippen LogP contribution in [0.3, 0.4) is 0 Å². The smallest absolute Gasteiger partial charge is 0.272 e. The molecule has 3 aromatic rings. The molecule has 5 nitrogen and oxygen atoms in total. The predicted octanol–water partition coefficient (Wildman–Crippen LogP) is 3.91. The van der Waals surface area contributed by atoms with Crippen LogP contribution in [0.1, 0.15) is 53.8 Å². The number of fused-ring (bicyclic) bond motifs is 1. The van der Waals surface area contributed by atoms with Gasteiger partial charge in [-0.3, -0.25) is 9.89 Å². The summed E-state index contributed by atoms with van der Waals surface area (Å²) in [5.74, 6) is 0.583. The second-order valence-electron chi connectivity index (χ2n) is 5.81. The van der Waals surface area contributed by atoms with Crippen LogP contribution < -0.4 is 5.32 Å². The second kappa shape index (κ2) is 6.28. The highest BCUT2D eigenvalue weighted by molar-refractivity contribution is 5.92. The highest BCUT2D eigenvalue weighted by Crippen LogP contribution is 2.29. The van der Waals surface area contributed by atoms with Crippen molar-refractivity contribution >= 4 is 16.9 Å². The molecule has 1 amide bonds. The number of carbonyl (C=O) groups excluding carboxylic acids is 1. The highest BCUT2D eigenvalue weighted by atomic mass is 16.3. The van der Waals surface area contributed by atoms with E-state index in [-0.39, 0.29) is 11.9 Å². The number of aromatic nitrogens is 2. The van der Waals surface area contributed by atoms with Gasteiger partial charge >= 0.3 is 0 Å². The van der Waals surface area contributed by atoms with E-state index in [1.54, 1.807) is 6.07 Å². The normalized spacial score (nSPS) is 12.5. The van der Waals surface area contributed by atoms with Gasteiger partial charge in [-0.05, 0) is 32.4 Å². The molecule has 3 rings (SSSR count). The van der Waals surface area contributed by atoms with Crippen LogP contribution in [-0.4, -0.2) is 16.1 Å². The zero-order chi connectivity index (χ0) is 16.4. The van der Waals surface area contributed by atoms with Crippen molar-refractivity contribution < 1.29 is 9.21 Å². The van der Waals surface area contributed by atoms with Gasteiger partial charge in [0.2, 0.25) is 0 Å². The first kappa shape index (κ1) is 15.3. The summed E-state index contributed by atoms with van der Waals surface area (Å²) < 4.78 is 5.90. The maximum atomic E-state index is 12.3. The molecule has 0 spiro atoms. The Labute approximate surface area is 135 Å². The monoisotopic (exact) mass is 311 g/mol. The molecule has 0 bridgehead atoms. The van der Waals surface area contributed by atoms with Gasteiger partial charge in [-0.1, -0.05) is 31.5 Å². The van der Waals surface area contributed by atoms with Crippen molar-refractivity contribution in [1.29, 1.82) is 0 Å². The van der Waals surface area contributed by atoms with Gasteiger partial charge in [0.25, 0.3) is 5.91 Å². The van der Waals surface area contributed by atoms with E-state index in [0.29, 0.717) is 5.69 Å². The molecule has 1 unspecified atom stereocenters. The number of para-hydroxylation sites is 1. The number of nitrogens with zero attached hydrogens (tertiary/aromatic N) is 1. The third-order valence-electron chi connectivity index (χ3n) is 4.00. The fourth-order valence-electron chi connectivity index (χ4n) is 2.82. The molecule has 120 valence electrons. The molecule has 2 heterocycles. The number of hydrogen-bond acceptors (Lipinski definition) is 3. The molecule has 0 aliphatic rings. The van der Waals surface area contributed by atoms with E-state index >= 15 is 0 Å². The number of benzene rings is 1. The van der Waals surface area contributed by atoms with Crippen LogP contribution in [0.15, 0.2) is 34.7 Å². The van der Waals surface area contributed by atoms with Crippen molar-refractivity contribution in [2.75, 3.05) is 0 Å². The molecule has 0 fully saturated rings. The fraction of sp³-hybridized carbons (Fsp3) is 0.333. The molecule has 0 saturated heterocycles. The Morgan fingerprint density at radius 2 is 2.17 bits per heavy atom. The van der Waals surface area contributed by atoms with E-state index in [2.05, 4.69) is 22.4 Å². The molecular formula is C18H21N3O2. The number of nitrogens with one attached hydrogen (secondary N) is 2. The van der Waals surface area contributed by atoms with Crippen LogP contribution in [0.5, 0.6) is 0 Å². The summed E-state index contributed by atoms with van der Waals surface area (Å²) in [6, 6.07) is 9.47. The van der Waals surface area contributed by atoms with Crippen LogP contribution in [0.2, 0.25) is 0 Å². The molecule has 1 atom stereocenters. The van der Waals surface area contributed by atoms with E-state index in [0.717, 1.165) is 40.8 Å². The number of H-pyrrole nitrogens is 1. The quantitative estimate of drug-likeness (QED) is 0.750. The summed E-state index contributed by atoms with van der Waals surface area (Å²) in [6.07, 6.45) is 1.90. The van der Waals surface area contributed by atoms with Gasteiger partial charge in [0, 0.05) is 16.6 Å².